The summed E-state index contributed by atoms with van der Waals surface area (Å²) in [5.74, 6) is 0. The van der Waals surface area contributed by atoms with Crippen LogP contribution < -0.4 is 9.80 Å². The van der Waals surface area contributed by atoms with Gasteiger partial charge in [-0.3, -0.25) is 0 Å². The van der Waals surface area contributed by atoms with Crippen LogP contribution in [-0.4, -0.2) is 0 Å². The fourth-order valence-electron chi connectivity index (χ4n) is 10.9. The molecule has 0 saturated carbocycles. The van der Waals surface area contributed by atoms with Crippen LogP contribution in [0.3, 0.4) is 0 Å². The minimum Gasteiger partial charge on any atom is -0.456 e. The van der Waals surface area contributed by atoms with Crippen molar-refractivity contribution in [3.8, 4) is 33.4 Å². The summed E-state index contributed by atoms with van der Waals surface area (Å²) in [5, 5.41) is 9.06. The van der Waals surface area contributed by atoms with Crippen LogP contribution in [0.1, 0.15) is 0 Å². The van der Waals surface area contributed by atoms with Crippen LogP contribution in [0.4, 0.5) is 34.1 Å². The first-order valence-corrected chi connectivity index (χ1v) is 24.5. The third-order valence-corrected chi connectivity index (χ3v) is 14.2. The molecule has 0 unspecified atom stereocenters. The van der Waals surface area contributed by atoms with Gasteiger partial charge in [0.15, 0.2) is 0 Å². The van der Waals surface area contributed by atoms with Crippen molar-refractivity contribution in [3.05, 3.63) is 267 Å². The van der Waals surface area contributed by atoms with Gasteiger partial charge in [-0.15, -0.1) is 0 Å². The third-order valence-electron chi connectivity index (χ3n) is 14.2. The molecule has 72 heavy (non-hydrogen) atoms. The molecule has 2 heterocycles. The van der Waals surface area contributed by atoms with Crippen molar-refractivity contribution < 1.29 is 8.83 Å². The van der Waals surface area contributed by atoms with E-state index in [0.717, 1.165) is 111 Å². The van der Waals surface area contributed by atoms with Crippen LogP contribution in [0.25, 0.3) is 98.8 Å². The molecule has 0 bridgehead atoms. The molecule has 4 heteroatoms. The van der Waals surface area contributed by atoms with Crippen molar-refractivity contribution in [1.82, 2.24) is 0 Å². The summed E-state index contributed by atoms with van der Waals surface area (Å²) in [6, 6.07) is 95.4. The molecule has 14 aromatic rings. The largest absolute Gasteiger partial charge is 0.456 e. The highest BCUT2D eigenvalue weighted by atomic mass is 16.3. The first-order valence-electron chi connectivity index (χ1n) is 24.5. The summed E-state index contributed by atoms with van der Waals surface area (Å²) >= 11 is 0. The lowest BCUT2D eigenvalue weighted by molar-refractivity contribution is 0.668. The predicted octanol–water partition coefficient (Wildman–Crippen LogP) is 19.7. The van der Waals surface area contributed by atoms with Gasteiger partial charge in [-0.25, -0.2) is 0 Å². The minimum atomic E-state index is 0.845. The smallest absolute Gasteiger partial charge is 0.138 e. The number of para-hydroxylation sites is 2. The monoisotopic (exact) mass is 920 g/mol. The lowest BCUT2D eigenvalue weighted by Crippen LogP contribution is -2.11. The van der Waals surface area contributed by atoms with E-state index in [0.29, 0.717) is 0 Å². The average molecular weight is 921 g/mol. The number of fused-ring (bicyclic) bond motifs is 9. The van der Waals surface area contributed by atoms with Crippen LogP contribution in [0.5, 0.6) is 0 Å². The van der Waals surface area contributed by atoms with Gasteiger partial charge in [0, 0.05) is 67.2 Å². The summed E-state index contributed by atoms with van der Waals surface area (Å²) in [6.45, 7) is 0. The second-order valence-corrected chi connectivity index (χ2v) is 18.4. The SMILES string of the molecule is c1ccc(-c2ccc(N(c3cccc(-c4cccc(N(c5ccc6c(c5)oc5ccccc56)c5ccc(-c6ccccc6)c6ccccc56)c4)c3)c3cc4oc5ccccc5c4c4ccccc34)cc2)cc1. The maximum Gasteiger partial charge on any atom is 0.138 e. The molecule has 2 aromatic heterocycles. The molecule has 338 valence electrons. The summed E-state index contributed by atoms with van der Waals surface area (Å²) in [7, 11) is 0. The fourth-order valence-corrected chi connectivity index (χ4v) is 10.9. The van der Waals surface area contributed by atoms with Crippen molar-refractivity contribution >= 4 is 99.5 Å². The maximum atomic E-state index is 6.66. The topological polar surface area (TPSA) is 32.8 Å². The quantitative estimate of drug-likeness (QED) is 0.144. The van der Waals surface area contributed by atoms with E-state index >= 15 is 0 Å². The van der Waals surface area contributed by atoms with E-state index in [1.807, 2.05) is 18.2 Å². The van der Waals surface area contributed by atoms with Crippen LogP contribution in [0.2, 0.25) is 0 Å². The van der Waals surface area contributed by atoms with Gasteiger partial charge in [-0.2, -0.15) is 0 Å². The summed E-state index contributed by atoms with van der Waals surface area (Å²) < 4.78 is 13.2. The van der Waals surface area contributed by atoms with E-state index in [-0.39, 0.29) is 0 Å². The number of rotatable bonds is 9. The lowest BCUT2D eigenvalue weighted by Gasteiger charge is -2.28. The summed E-state index contributed by atoms with van der Waals surface area (Å²) in [5.41, 5.74) is 16.6. The van der Waals surface area contributed by atoms with Gasteiger partial charge < -0.3 is 18.6 Å². The number of nitrogens with zero attached hydrogens (tertiary/aromatic N) is 2. The van der Waals surface area contributed by atoms with Crippen LogP contribution >= 0.6 is 0 Å². The molecular formula is C68H44N2O2. The van der Waals surface area contributed by atoms with E-state index in [4.69, 9.17) is 8.83 Å². The average Bonchev–Trinajstić information content (AvgIpc) is 4.02. The van der Waals surface area contributed by atoms with Gasteiger partial charge >= 0.3 is 0 Å². The molecule has 0 amide bonds. The van der Waals surface area contributed by atoms with Crippen molar-refractivity contribution in [2.75, 3.05) is 9.80 Å². The van der Waals surface area contributed by atoms with Crippen molar-refractivity contribution in [3.63, 3.8) is 0 Å². The standard InChI is InChI=1S/C68H44N2O2/c1-3-17-45(18-4-1)46-33-35-50(36-34-46)69(63-44-67-68(60-29-10-9-27-57(60)63)61-30-12-14-32-65(61)72-67)51-23-15-21-48(41-51)49-22-16-24-52(42-49)70(53-37-38-59-58-28-11-13-31-64(58)71-66(59)43-53)62-40-39-54(47-19-5-2-6-20-47)55-25-7-8-26-56(55)62/h1-44H. The predicted molar refractivity (Wildman–Crippen MR) is 302 cm³/mol. The molecule has 0 aliphatic heterocycles. The molecule has 0 saturated heterocycles. The van der Waals surface area contributed by atoms with Gasteiger partial charge in [0.2, 0.25) is 0 Å². The number of furan rings is 2. The molecule has 14 rings (SSSR count). The third kappa shape index (κ3) is 7.00. The Morgan fingerprint density at radius 2 is 0.694 bits per heavy atom. The first kappa shape index (κ1) is 41.3. The Balaban J connectivity index is 0.941. The molecule has 0 spiro atoms. The zero-order valence-electron chi connectivity index (χ0n) is 39.1. The Labute approximate surface area is 416 Å². The van der Waals surface area contributed by atoms with E-state index in [1.165, 1.54) is 22.1 Å². The Bertz CT molecular complexity index is 4300. The number of hydrogen-bond acceptors (Lipinski definition) is 4. The second-order valence-electron chi connectivity index (χ2n) is 18.4. The minimum absolute atomic E-state index is 0.845. The van der Waals surface area contributed by atoms with E-state index in [1.54, 1.807) is 0 Å². The van der Waals surface area contributed by atoms with Crippen molar-refractivity contribution in [2.24, 2.45) is 0 Å². The van der Waals surface area contributed by atoms with Crippen LogP contribution in [0.15, 0.2) is 276 Å². The van der Waals surface area contributed by atoms with Crippen molar-refractivity contribution in [1.29, 1.82) is 0 Å². The van der Waals surface area contributed by atoms with Crippen LogP contribution in [-0.2, 0) is 0 Å². The number of hydrogen-bond donors (Lipinski definition) is 0. The summed E-state index contributed by atoms with van der Waals surface area (Å²) in [6.07, 6.45) is 0. The number of benzene rings is 12. The molecule has 12 aromatic carbocycles. The van der Waals surface area contributed by atoms with E-state index in [9.17, 15) is 0 Å². The van der Waals surface area contributed by atoms with Crippen LogP contribution in [0, 0.1) is 0 Å². The zero-order chi connectivity index (χ0) is 47.5. The molecule has 0 aliphatic carbocycles. The highest BCUT2D eigenvalue weighted by Crippen LogP contribution is 2.47. The molecule has 0 atom stereocenters. The Morgan fingerprint density at radius 1 is 0.222 bits per heavy atom. The molecule has 0 aliphatic rings. The van der Waals surface area contributed by atoms with E-state index in [2.05, 4.69) is 259 Å². The Morgan fingerprint density at radius 3 is 1.39 bits per heavy atom. The fraction of sp³-hybridized carbons (Fsp3) is 0. The Hall–Kier alpha value is -9.64. The molecule has 0 fully saturated rings. The lowest BCUT2D eigenvalue weighted by atomic mass is 9.96. The molecule has 0 N–H and O–H groups in total. The first-order chi connectivity index (χ1) is 35.7. The molecular weight excluding hydrogens is 877 g/mol. The number of anilines is 6. The van der Waals surface area contributed by atoms with E-state index < -0.39 is 0 Å². The maximum absolute atomic E-state index is 6.66. The van der Waals surface area contributed by atoms with Gasteiger partial charge in [0.25, 0.3) is 0 Å². The van der Waals surface area contributed by atoms with Gasteiger partial charge in [0.05, 0.1) is 11.4 Å². The van der Waals surface area contributed by atoms with Gasteiger partial charge in [-0.1, -0.05) is 188 Å². The van der Waals surface area contributed by atoms with Gasteiger partial charge in [-0.05, 0) is 111 Å². The normalized spacial score (nSPS) is 11.6. The zero-order valence-corrected chi connectivity index (χ0v) is 39.1. The summed E-state index contributed by atoms with van der Waals surface area (Å²) in [4.78, 5) is 4.76. The molecule has 4 nitrogen and oxygen atoms in total. The Kier molecular flexibility index (Phi) is 9.82. The second kappa shape index (κ2) is 17.1. The van der Waals surface area contributed by atoms with Crippen molar-refractivity contribution in [2.45, 2.75) is 0 Å². The molecule has 0 radical (unpaired) electrons. The highest BCUT2D eigenvalue weighted by molar-refractivity contribution is 6.22. The van der Waals surface area contributed by atoms with Gasteiger partial charge in [0.1, 0.15) is 22.3 Å². The highest BCUT2D eigenvalue weighted by Gasteiger charge is 2.23.